The topological polar surface area (TPSA) is 58.6 Å². The van der Waals surface area contributed by atoms with Crippen LogP contribution in [0.4, 0.5) is 0 Å². The Morgan fingerprint density at radius 1 is 1.27 bits per heavy atom. The van der Waals surface area contributed by atoms with Crippen molar-refractivity contribution >= 4 is 5.91 Å². The first-order chi connectivity index (χ1) is 7.18. The molecule has 0 aliphatic heterocycles. The Hall–Kier alpha value is -0.610. The summed E-state index contributed by atoms with van der Waals surface area (Å²) in [5.74, 6) is 0.185. The van der Waals surface area contributed by atoms with E-state index in [1.54, 1.807) is 0 Å². The number of aliphatic hydroxyl groups excluding tert-OH is 1. The molecule has 0 rings (SSSR count). The van der Waals surface area contributed by atoms with Gasteiger partial charge in [-0.2, -0.15) is 0 Å². The van der Waals surface area contributed by atoms with E-state index >= 15 is 0 Å². The van der Waals surface area contributed by atoms with Gasteiger partial charge in [0.15, 0.2) is 0 Å². The van der Waals surface area contributed by atoms with Crippen LogP contribution in [0.25, 0.3) is 0 Å². The van der Waals surface area contributed by atoms with Gasteiger partial charge < -0.3 is 15.2 Å². The molecule has 4 heteroatoms. The van der Waals surface area contributed by atoms with Crippen LogP contribution in [0.2, 0.25) is 0 Å². The summed E-state index contributed by atoms with van der Waals surface area (Å²) >= 11 is 0. The molecule has 0 fully saturated rings. The quantitative estimate of drug-likeness (QED) is 0.565. The Balaban J connectivity index is 3.08. The molecular weight excluding hydrogens is 194 g/mol. The van der Waals surface area contributed by atoms with Crippen LogP contribution in [-0.2, 0) is 9.53 Å². The normalized spacial score (nSPS) is 10.7. The molecule has 1 amide bonds. The molecule has 0 aliphatic rings. The van der Waals surface area contributed by atoms with Crippen LogP contribution in [0, 0.1) is 5.92 Å². The molecule has 0 aliphatic carbocycles. The minimum atomic E-state index is 0.0675. The van der Waals surface area contributed by atoms with Gasteiger partial charge in [-0.3, -0.25) is 4.79 Å². The van der Waals surface area contributed by atoms with E-state index in [1.165, 1.54) is 0 Å². The average Bonchev–Trinajstić information content (AvgIpc) is 2.21. The first kappa shape index (κ1) is 14.4. The van der Waals surface area contributed by atoms with Crippen molar-refractivity contribution < 1.29 is 14.6 Å². The fraction of sp³-hybridized carbons (Fsp3) is 0.909. The van der Waals surface area contributed by atoms with E-state index < -0.39 is 0 Å². The zero-order valence-electron chi connectivity index (χ0n) is 9.79. The Kier molecular flexibility index (Phi) is 9.52. The minimum Gasteiger partial charge on any atom is -0.394 e. The molecule has 0 unspecified atom stereocenters. The van der Waals surface area contributed by atoms with Crippen molar-refractivity contribution in [2.75, 3.05) is 26.4 Å². The summed E-state index contributed by atoms with van der Waals surface area (Å²) in [5, 5.41) is 11.3. The predicted molar refractivity (Wildman–Crippen MR) is 59.6 cm³/mol. The highest BCUT2D eigenvalue weighted by molar-refractivity contribution is 5.77. The third-order valence-corrected chi connectivity index (χ3v) is 2.02. The molecule has 0 saturated carbocycles. The fourth-order valence-electron chi connectivity index (χ4n) is 1.09. The number of rotatable bonds is 9. The van der Waals surface area contributed by atoms with Gasteiger partial charge in [0.05, 0.1) is 13.2 Å². The van der Waals surface area contributed by atoms with Crippen LogP contribution in [0.5, 0.6) is 0 Å². The van der Waals surface area contributed by atoms with E-state index in [4.69, 9.17) is 9.84 Å². The Bertz CT molecular complexity index is 160. The second-order valence-electron chi connectivity index (χ2n) is 3.84. The monoisotopic (exact) mass is 217 g/mol. The van der Waals surface area contributed by atoms with Crippen molar-refractivity contribution in [1.82, 2.24) is 5.32 Å². The number of unbranched alkanes of at least 4 members (excludes halogenated alkanes) is 2. The third-order valence-electron chi connectivity index (χ3n) is 2.02. The number of carbonyl (C=O) groups excluding carboxylic acids is 1. The summed E-state index contributed by atoms with van der Waals surface area (Å²) in [6, 6.07) is 0. The number of nitrogens with one attached hydrogen (secondary N) is 1. The number of hydrogen-bond donors (Lipinski definition) is 2. The molecule has 0 atom stereocenters. The lowest BCUT2D eigenvalue weighted by atomic mass is 10.2. The zero-order chi connectivity index (χ0) is 11.5. The average molecular weight is 217 g/mol. The standard InChI is InChI=1S/C11H23NO3/c1-10(2)11(14)12-6-4-3-5-8-15-9-7-13/h10,13H,3-9H2,1-2H3,(H,12,14). The second kappa shape index (κ2) is 9.93. The fourth-order valence-corrected chi connectivity index (χ4v) is 1.09. The van der Waals surface area contributed by atoms with Gasteiger partial charge in [0.25, 0.3) is 0 Å². The summed E-state index contributed by atoms with van der Waals surface area (Å²) in [4.78, 5) is 11.2. The van der Waals surface area contributed by atoms with Crippen molar-refractivity contribution in [2.45, 2.75) is 33.1 Å². The maximum absolute atomic E-state index is 11.2. The predicted octanol–water partition coefficient (Wildman–Crippen LogP) is 0.938. The van der Waals surface area contributed by atoms with Gasteiger partial charge >= 0.3 is 0 Å². The first-order valence-corrected chi connectivity index (χ1v) is 5.64. The summed E-state index contributed by atoms with van der Waals surface area (Å²) in [7, 11) is 0. The van der Waals surface area contributed by atoms with E-state index in [0.717, 1.165) is 25.8 Å². The molecule has 4 nitrogen and oxygen atoms in total. The molecule has 2 N–H and O–H groups in total. The van der Waals surface area contributed by atoms with Crippen LogP contribution in [0.15, 0.2) is 0 Å². The van der Waals surface area contributed by atoms with Crippen molar-refractivity contribution in [2.24, 2.45) is 5.92 Å². The molecule has 0 saturated heterocycles. The largest absolute Gasteiger partial charge is 0.394 e. The van der Waals surface area contributed by atoms with Crippen LogP contribution in [-0.4, -0.2) is 37.4 Å². The van der Waals surface area contributed by atoms with Crippen molar-refractivity contribution in [3.05, 3.63) is 0 Å². The molecule has 0 heterocycles. The lowest BCUT2D eigenvalue weighted by Gasteiger charge is -2.07. The minimum absolute atomic E-state index is 0.0675. The maximum Gasteiger partial charge on any atom is 0.222 e. The van der Waals surface area contributed by atoms with Gasteiger partial charge in [0, 0.05) is 19.1 Å². The second-order valence-corrected chi connectivity index (χ2v) is 3.84. The number of carbonyl (C=O) groups is 1. The van der Waals surface area contributed by atoms with Crippen LogP contribution >= 0.6 is 0 Å². The highest BCUT2D eigenvalue weighted by atomic mass is 16.5. The van der Waals surface area contributed by atoms with E-state index in [-0.39, 0.29) is 18.4 Å². The van der Waals surface area contributed by atoms with Gasteiger partial charge in [0.1, 0.15) is 0 Å². The SMILES string of the molecule is CC(C)C(=O)NCCCCCOCCO. The summed E-state index contributed by atoms with van der Waals surface area (Å²) in [6.07, 6.45) is 3.02. The number of hydrogen-bond acceptors (Lipinski definition) is 3. The maximum atomic E-state index is 11.2. The molecule has 0 aromatic rings. The van der Waals surface area contributed by atoms with Gasteiger partial charge in [0.2, 0.25) is 5.91 Å². The molecule has 0 radical (unpaired) electrons. The molecule has 0 aromatic carbocycles. The molecule has 0 bridgehead atoms. The van der Waals surface area contributed by atoms with Gasteiger partial charge in [-0.1, -0.05) is 13.8 Å². The van der Waals surface area contributed by atoms with Crippen molar-refractivity contribution in [1.29, 1.82) is 0 Å². The molecule has 90 valence electrons. The zero-order valence-corrected chi connectivity index (χ0v) is 9.79. The highest BCUT2D eigenvalue weighted by Gasteiger charge is 2.04. The van der Waals surface area contributed by atoms with Gasteiger partial charge in [-0.05, 0) is 19.3 Å². The smallest absolute Gasteiger partial charge is 0.222 e. The summed E-state index contributed by atoms with van der Waals surface area (Å²) < 4.78 is 5.11. The molecule has 15 heavy (non-hydrogen) atoms. The van der Waals surface area contributed by atoms with Crippen LogP contribution < -0.4 is 5.32 Å². The van der Waals surface area contributed by atoms with E-state index in [0.29, 0.717) is 13.2 Å². The molecular formula is C11H23NO3. The van der Waals surface area contributed by atoms with Crippen molar-refractivity contribution in [3.8, 4) is 0 Å². The Labute approximate surface area is 92.0 Å². The molecule has 0 spiro atoms. The highest BCUT2D eigenvalue weighted by Crippen LogP contribution is 1.96. The lowest BCUT2D eigenvalue weighted by molar-refractivity contribution is -0.123. The van der Waals surface area contributed by atoms with Gasteiger partial charge in [-0.15, -0.1) is 0 Å². The third kappa shape index (κ3) is 9.69. The van der Waals surface area contributed by atoms with Gasteiger partial charge in [-0.25, -0.2) is 0 Å². The van der Waals surface area contributed by atoms with Crippen LogP contribution in [0.1, 0.15) is 33.1 Å². The summed E-state index contributed by atoms with van der Waals surface area (Å²) in [6.45, 7) is 5.72. The van der Waals surface area contributed by atoms with E-state index in [1.807, 2.05) is 13.8 Å². The van der Waals surface area contributed by atoms with Crippen LogP contribution in [0.3, 0.4) is 0 Å². The van der Waals surface area contributed by atoms with E-state index in [9.17, 15) is 4.79 Å². The Morgan fingerprint density at radius 2 is 2.00 bits per heavy atom. The lowest BCUT2D eigenvalue weighted by Crippen LogP contribution is -2.28. The number of amides is 1. The summed E-state index contributed by atoms with van der Waals surface area (Å²) in [5.41, 5.74) is 0. The molecule has 0 aromatic heterocycles. The number of ether oxygens (including phenoxy) is 1. The Morgan fingerprint density at radius 3 is 2.60 bits per heavy atom. The first-order valence-electron chi connectivity index (χ1n) is 5.64. The van der Waals surface area contributed by atoms with Crippen molar-refractivity contribution in [3.63, 3.8) is 0 Å². The van der Waals surface area contributed by atoms with E-state index in [2.05, 4.69) is 5.32 Å². The number of aliphatic hydroxyl groups is 1.